The maximum absolute atomic E-state index is 11.7. The minimum atomic E-state index is -0.511. The Balaban J connectivity index is 2.80. The summed E-state index contributed by atoms with van der Waals surface area (Å²) in [4.78, 5) is 31.2. The van der Waals surface area contributed by atoms with Crippen molar-refractivity contribution in [2.24, 2.45) is 5.92 Å². The van der Waals surface area contributed by atoms with Gasteiger partial charge in [0.1, 0.15) is 5.56 Å². The number of pyridine rings is 1. The minimum Gasteiger partial charge on any atom is -0.325 e. The number of aromatic amines is 1. The molecule has 5 heteroatoms. The standard InChI is InChI=1S/C13H20N2O3/c1-5-11-9(4)6-10(12(16)14-11)13(17)15-18-7-8(2)3/h6,8H,5,7H2,1-4H3,(H,14,16)(H,15,17). The number of amides is 1. The molecule has 1 amide bonds. The summed E-state index contributed by atoms with van der Waals surface area (Å²) in [6.07, 6.45) is 0.729. The third-order valence-electron chi connectivity index (χ3n) is 2.53. The first-order valence-electron chi connectivity index (χ1n) is 6.10. The fraction of sp³-hybridized carbons (Fsp3) is 0.538. The van der Waals surface area contributed by atoms with Gasteiger partial charge in [-0.2, -0.15) is 0 Å². The second kappa shape index (κ2) is 6.35. The van der Waals surface area contributed by atoms with E-state index in [0.717, 1.165) is 17.7 Å². The zero-order valence-electron chi connectivity index (χ0n) is 11.3. The molecule has 5 nitrogen and oxygen atoms in total. The first kappa shape index (κ1) is 14.4. The summed E-state index contributed by atoms with van der Waals surface area (Å²) in [5, 5.41) is 0. The van der Waals surface area contributed by atoms with Gasteiger partial charge in [0, 0.05) is 5.69 Å². The summed E-state index contributed by atoms with van der Waals surface area (Å²) in [7, 11) is 0. The lowest BCUT2D eigenvalue weighted by molar-refractivity contribution is 0.0207. The molecule has 0 aliphatic heterocycles. The van der Waals surface area contributed by atoms with Gasteiger partial charge in [-0.1, -0.05) is 20.8 Å². The highest BCUT2D eigenvalue weighted by atomic mass is 16.6. The van der Waals surface area contributed by atoms with Gasteiger partial charge in [0.05, 0.1) is 6.61 Å². The van der Waals surface area contributed by atoms with Crippen molar-refractivity contribution in [2.45, 2.75) is 34.1 Å². The summed E-state index contributed by atoms with van der Waals surface area (Å²) in [6.45, 7) is 8.16. The van der Waals surface area contributed by atoms with E-state index in [0.29, 0.717) is 12.5 Å². The van der Waals surface area contributed by atoms with Crippen LogP contribution in [0.15, 0.2) is 10.9 Å². The highest BCUT2D eigenvalue weighted by molar-refractivity contribution is 5.93. The maximum atomic E-state index is 11.7. The van der Waals surface area contributed by atoms with Gasteiger partial charge in [0.15, 0.2) is 0 Å². The number of rotatable bonds is 5. The van der Waals surface area contributed by atoms with Crippen molar-refractivity contribution in [1.82, 2.24) is 10.5 Å². The number of H-pyrrole nitrogens is 1. The molecule has 1 heterocycles. The zero-order valence-corrected chi connectivity index (χ0v) is 11.3. The van der Waals surface area contributed by atoms with E-state index in [9.17, 15) is 9.59 Å². The Hall–Kier alpha value is -1.62. The van der Waals surface area contributed by atoms with E-state index in [4.69, 9.17) is 4.84 Å². The van der Waals surface area contributed by atoms with Crippen LogP contribution in [-0.4, -0.2) is 17.5 Å². The number of aryl methyl sites for hydroxylation is 2. The van der Waals surface area contributed by atoms with Crippen LogP contribution in [0.5, 0.6) is 0 Å². The van der Waals surface area contributed by atoms with E-state index in [-0.39, 0.29) is 11.1 Å². The van der Waals surface area contributed by atoms with Crippen LogP contribution < -0.4 is 11.0 Å². The lowest BCUT2D eigenvalue weighted by atomic mass is 10.1. The minimum absolute atomic E-state index is 0.0773. The second-order valence-electron chi connectivity index (χ2n) is 4.66. The molecule has 0 aliphatic carbocycles. The molecule has 1 aromatic rings. The van der Waals surface area contributed by atoms with Crippen molar-refractivity contribution < 1.29 is 9.63 Å². The molecule has 0 spiro atoms. The maximum Gasteiger partial charge on any atom is 0.280 e. The third-order valence-corrected chi connectivity index (χ3v) is 2.53. The third kappa shape index (κ3) is 3.70. The zero-order chi connectivity index (χ0) is 13.7. The van der Waals surface area contributed by atoms with Gasteiger partial charge in [-0.05, 0) is 30.9 Å². The number of hydrogen-bond acceptors (Lipinski definition) is 3. The molecule has 2 N–H and O–H groups in total. The normalized spacial score (nSPS) is 10.7. The van der Waals surface area contributed by atoms with Crippen LogP contribution in [0.3, 0.4) is 0 Å². The molecule has 0 saturated carbocycles. The molecule has 0 aromatic carbocycles. The Morgan fingerprint density at radius 1 is 1.50 bits per heavy atom. The van der Waals surface area contributed by atoms with Crippen molar-refractivity contribution in [1.29, 1.82) is 0 Å². The van der Waals surface area contributed by atoms with E-state index in [1.807, 2.05) is 27.7 Å². The topological polar surface area (TPSA) is 71.2 Å². The van der Waals surface area contributed by atoms with Gasteiger partial charge in [-0.15, -0.1) is 0 Å². The van der Waals surface area contributed by atoms with E-state index in [1.54, 1.807) is 6.07 Å². The highest BCUT2D eigenvalue weighted by Crippen LogP contribution is 2.05. The number of carbonyl (C=O) groups is 1. The van der Waals surface area contributed by atoms with Crippen LogP contribution in [0.25, 0.3) is 0 Å². The van der Waals surface area contributed by atoms with E-state index in [1.165, 1.54) is 0 Å². The van der Waals surface area contributed by atoms with Gasteiger partial charge in [-0.3, -0.25) is 14.4 Å². The summed E-state index contributed by atoms with van der Waals surface area (Å²) < 4.78 is 0. The molecule has 1 rings (SSSR count). The van der Waals surface area contributed by atoms with Crippen LogP contribution in [-0.2, 0) is 11.3 Å². The van der Waals surface area contributed by atoms with Crippen molar-refractivity contribution in [3.63, 3.8) is 0 Å². The number of hydroxylamine groups is 1. The predicted molar refractivity (Wildman–Crippen MR) is 69.4 cm³/mol. The van der Waals surface area contributed by atoms with Gasteiger partial charge >= 0.3 is 0 Å². The van der Waals surface area contributed by atoms with Crippen LogP contribution >= 0.6 is 0 Å². The summed E-state index contributed by atoms with van der Waals surface area (Å²) in [6, 6.07) is 1.59. The molecule has 100 valence electrons. The number of nitrogens with one attached hydrogen (secondary N) is 2. The summed E-state index contributed by atoms with van der Waals surface area (Å²) >= 11 is 0. The van der Waals surface area contributed by atoms with Crippen LogP contribution in [0.4, 0.5) is 0 Å². The number of carbonyl (C=O) groups excluding carboxylic acids is 1. The van der Waals surface area contributed by atoms with Crippen molar-refractivity contribution in [3.8, 4) is 0 Å². The molecule has 18 heavy (non-hydrogen) atoms. The molecular formula is C13H20N2O3. The summed E-state index contributed by atoms with van der Waals surface area (Å²) in [5.41, 5.74) is 3.71. The molecule has 0 fully saturated rings. The number of aromatic nitrogens is 1. The first-order valence-corrected chi connectivity index (χ1v) is 6.10. The Labute approximate surface area is 107 Å². The molecule has 1 aromatic heterocycles. The second-order valence-corrected chi connectivity index (χ2v) is 4.66. The SMILES string of the molecule is CCc1[nH]c(=O)c(C(=O)NOCC(C)C)cc1C. The average Bonchev–Trinajstić information content (AvgIpc) is 2.30. The Morgan fingerprint density at radius 3 is 2.72 bits per heavy atom. The van der Waals surface area contributed by atoms with Crippen LogP contribution in [0.1, 0.15) is 42.4 Å². The summed E-state index contributed by atoms with van der Waals surface area (Å²) in [5.74, 6) is -0.199. The van der Waals surface area contributed by atoms with Crippen molar-refractivity contribution in [2.75, 3.05) is 6.61 Å². The fourth-order valence-electron chi connectivity index (χ4n) is 1.54. The average molecular weight is 252 g/mol. The van der Waals surface area contributed by atoms with Gasteiger partial charge in [-0.25, -0.2) is 5.48 Å². The molecular weight excluding hydrogens is 232 g/mol. The Bertz CT molecular complexity index is 478. The van der Waals surface area contributed by atoms with Gasteiger partial charge in [0.25, 0.3) is 11.5 Å². The molecule has 0 bridgehead atoms. The Morgan fingerprint density at radius 2 is 2.17 bits per heavy atom. The molecule has 0 unspecified atom stereocenters. The molecule has 0 aliphatic rings. The predicted octanol–water partition coefficient (Wildman–Crippen LogP) is 1.56. The van der Waals surface area contributed by atoms with E-state index >= 15 is 0 Å². The molecule has 0 atom stereocenters. The molecule has 0 saturated heterocycles. The Kier molecular flexibility index (Phi) is 5.09. The van der Waals surface area contributed by atoms with Crippen molar-refractivity contribution >= 4 is 5.91 Å². The largest absolute Gasteiger partial charge is 0.325 e. The van der Waals surface area contributed by atoms with Gasteiger partial charge in [0.2, 0.25) is 0 Å². The highest BCUT2D eigenvalue weighted by Gasteiger charge is 2.12. The van der Waals surface area contributed by atoms with E-state index < -0.39 is 5.91 Å². The van der Waals surface area contributed by atoms with Crippen LogP contribution in [0, 0.1) is 12.8 Å². The van der Waals surface area contributed by atoms with E-state index in [2.05, 4.69) is 10.5 Å². The lowest BCUT2D eigenvalue weighted by Gasteiger charge is -2.09. The number of hydrogen-bond donors (Lipinski definition) is 2. The molecule has 0 radical (unpaired) electrons. The lowest BCUT2D eigenvalue weighted by Crippen LogP contribution is -2.31. The monoisotopic (exact) mass is 252 g/mol. The fourth-order valence-corrected chi connectivity index (χ4v) is 1.54. The van der Waals surface area contributed by atoms with Gasteiger partial charge < -0.3 is 4.98 Å². The van der Waals surface area contributed by atoms with Crippen molar-refractivity contribution in [3.05, 3.63) is 33.2 Å². The quantitative estimate of drug-likeness (QED) is 0.781. The first-order chi connectivity index (χ1) is 8.45. The van der Waals surface area contributed by atoms with Crippen LogP contribution in [0.2, 0.25) is 0 Å². The smallest absolute Gasteiger partial charge is 0.280 e.